The van der Waals surface area contributed by atoms with Crippen LogP contribution < -0.4 is 5.32 Å². The van der Waals surface area contributed by atoms with Crippen molar-refractivity contribution in [1.29, 1.82) is 0 Å². The second kappa shape index (κ2) is 6.68. The minimum absolute atomic E-state index is 0.0630. The van der Waals surface area contributed by atoms with Gasteiger partial charge in [0.15, 0.2) is 0 Å². The molecule has 3 nitrogen and oxygen atoms in total. The average Bonchev–Trinajstić information content (AvgIpc) is 2.81. The summed E-state index contributed by atoms with van der Waals surface area (Å²) in [5.41, 5.74) is 1.69. The lowest BCUT2D eigenvalue weighted by atomic mass is 10.2. The van der Waals surface area contributed by atoms with Gasteiger partial charge in [-0.05, 0) is 37.6 Å². The molecule has 0 aliphatic carbocycles. The minimum Gasteiger partial charge on any atom is -0.352 e. The van der Waals surface area contributed by atoms with E-state index in [0.717, 1.165) is 23.5 Å². The number of hydrogen-bond donors (Lipinski definition) is 1. The number of benzene rings is 1. The molecule has 2 rings (SSSR count). The van der Waals surface area contributed by atoms with E-state index >= 15 is 0 Å². The minimum atomic E-state index is -0.0630. The number of carbonyl (C=O) groups excluding carboxylic acids is 1. The van der Waals surface area contributed by atoms with Crippen LogP contribution in [-0.4, -0.2) is 17.4 Å². The maximum absolute atomic E-state index is 11.8. The normalized spacial score (nSPS) is 10.4. The Morgan fingerprint density at radius 3 is 2.74 bits per heavy atom. The van der Waals surface area contributed by atoms with Crippen molar-refractivity contribution in [3.8, 4) is 0 Å². The molecule has 1 aromatic heterocycles. The second-order valence-electron chi connectivity index (χ2n) is 4.25. The maximum Gasteiger partial charge on any atom is 0.251 e. The highest BCUT2D eigenvalue weighted by molar-refractivity contribution is 7.09. The molecule has 0 radical (unpaired) electrons. The third-order valence-electron chi connectivity index (χ3n) is 2.63. The van der Waals surface area contributed by atoms with E-state index in [1.165, 1.54) is 0 Å². The van der Waals surface area contributed by atoms with E-state index in [1.54, 1.807) is 35.6 Å². The summed E-state index contributed by atoms with van der Waals surface area (Å²) in [4.78, 5) is 16.2. The van der Waals surface area contributed by atoms with Gasteiger partial charge in [0.05, 0.1) is 5.01 Å². The highest BCUT2D eigenvalue weighted by Gasteiger charge is 2.04. The fourth-order valence-electron chi connectivity index (χ4n) is 1.66. The number of hydrogen-bond acceptors (Lipinski definition) is 3. The number of amides is 1. The molecule has 1 amide bonds. The molecule has 0 saturated carbocycles. The molecule has 2 aromatic rings. The number of carbonyl (C=O) groups is 1. The first kappa shape index (κ1) is 14.0. The molecule has 5 heteroatoms. The van der Waals surface area contributed by atoms with Gasteiger partial charge in [-0.15, -0.1) is 11.3 Å². The maximum atomic E-state index is 11.8. The highest BCUT2D eigenvalue weighted by atomic mass is 35.5. The smallest absolute Gasteiger partial charge is 0.251 e. The number of halogens is 1. The van der Waals surface area contributed by atoms with Crippen molar-refractivity contribution < 1.29 is 4.79 Å². The summed E-state index contributed by atoms with van der Waals surface area (Å²) in [6.45, 7) is 2.64. The van der Waals surface area contributed by atoms with Crippen molar-refractivity contribution in [2.75, 3.05) is 6.54 Å². The summed E-state index contributed by atoms with van der Waals surface area (Å²) in [6, 6.07) is 6.88. The quantitative estimate of drug-likeness (QED) is 0.858. The lowest BCUT2D eigenvalue weighted by molar-refractivity contribution is 0.0953. The second-order valence-corrected chi connectivity index (χ2v) is 5.63. The van der Waals surface area contributed by atoms with Crippen LogP contribution in [0.25, 0.3) is 0 Å². The predicted molar refractivity (Wildman–Crippen MR) is 79.0 cm³/mol. The standard InChI is InChI=1S/C14H15ClN2OS/c1-10-9-19-13(17-10)3-2-8-16-14(18)11-4-6-12(15)7-5-11/h4-7,9H,2-3,8H2,1H3,(H,16,18). The Kier molecular flexibility index (Phi) is 4.93. The molecule has 0 spiro atoms. The fourth-order valence-corrected chi connectivity index (χ4v) is 2.61. The van der Waals surface area contributed by atoms with Crippen LogP contribution in [0, 0.1) is 6.92 Å². The van der Waals surface area contributed by atoms with Crippen molar-refractivity contribution in [2.45, 2.75) is 19.8 Å². The zero-order chi connectivity index (χ0) is 13.7. The molecule has 0 unspecified atom stereocenters. The fraction of sp³-hybridized carbons (Fsp3) is 0.286. The first-order valence-corrected chi connectivity index (χ1v) is 7.35. The van der Waals surface area contributed by atoms with Gasteiger partial charge in [-0.1, -0.05) is 11.6 Å². The largest absolute Gasteiger partial charge is 0.352 e. The number of nitrogens with zero attached hydrogens (tertiary/aromatic N) is 1. The lowest BCUT2D eigenvalue weighted by Gasteiger charge is -2.04. The highest BCUT2D eigenvalue weighted by Crippen LogP contribution is 2.11. The van der Waals surface area contributed by atoms with Gasteiger partial charge in [0.2, 0.25) is 0 Å². The summed E-state index contributed by atoms with van der Waals surface area (Å²) >= 11 is 7.44. The topological polar surface area (TPSA) is 42.0 Å². The molecule has 1 N–H and O–H groups in total. The summed E-state index contributed by atoms with van der Waals surface area (Å²) in [5.74, 6) is -0.0630. The third kappa shape index (κ3) is 4.33. The molecular weight excluding hydrogens is 280 g/mol. The SMILES string of the molecule is Cc1csc(CCCNC(=O)c2ccc(Cl)cc2)n1. The zero-order valence-electron chi connectivity index (χ0n) is 10.6. The Balaban J connectivity index is 1.73. The van der Waals surface area contributed by atoms with E-state index in [0.29, 0.717) is 17.1 Å². The third-order valence-corrected chi connectivity index (χ3v) is 3.90. The van der Waals surface area contributed by atoms with Crippen LogP contribution in [0.2, 0.25) is 5.02 Å². The van der Waals surface area contributed by atoms with Gasteiger partial charge in [0.1, 0.15) is 0 Å². The zero-order valence-corrected chi connectivity index (χ0v) is 12.2. The summed E-state index contributed by atoms with van der Waals surface area (Å²) in [6.07, 6.45) is 1.80. The summed E-state index contributed by atoms with van der Waals surface area (Å²) in [5, 5.41) is 6.69. The van der Waals surface area contributed by atoms with Crippen LogP contribution >= 0.6 is 22.9 Å². The Morgan fingerprint density at radius 1 is 1.37 bits per heavy atom. The van der Waals surface area contributed by atoms with Gasteiger partial charge < -0.3 is 5.32 Å². The van der Waals surface area contributed by atoms with Gasteiger partial charge in [0, 0.05) is 34.6 Å². The molecule has 1 heterocycles. The van der Waals surface area contributed by atoms with Crippen LogP contribution in [-0.2, 0) is 6.42 Å². The van der Waals surface area contributed by atoms with Crippen molar-refractivity contribution in [3.05, 3.63) is 50.9 Å². The predicted octanol–water partition coefficient (Wildman–Crippen LogP) is 3.47. The van der Waals surface area contributed by atoms with Gasteiger partial charge in [-0.2, -0.15) is 0 Å². The Labute approximate surface area is 121 Å². The van der Waals surface area contributed by atoms with E-state index in [1.807, 2.05) is 12.3 Å². The number of aromatic nitrogens is 1. The van der Waals surface area contributed by atoms with Crippen molar-refractivity contribution in [2.24, 2.45) is 0 Å². The van der Waals surface area contributed by atoms with E-state index in [-0.39, 0.29) is 5.91 Å². The molecule has 1 aromatic carbocycles. The van der Waals surface area contributed by atoms with Crippen molar-refractivity contribution in [3.63, 3.8) is 0 Å². The lowest BCUT2D eigenvalue weighted by Crippen LogP contribution is -2.24. The van der Waals surface area contributed by atoms with E-state index in [2.05, 4.69) is 10.3 Å². The van der Waals surface area contributed by atoms with Crippen LogP contribution in [0.3, 0.4) is 0 Å². The number of aryl methyl sites for hydroxylation is 2. The summed E-state index contributed by atoms with van der Waals surface area (Å²) < 4.78 is 0. The van der Waals surface area contributed by atoms with Crippen molar-refractivity contribution in [1.82, 2.24) is 10.3 Å². The van der Waals surface area contributed by atoms with Crippen LogP contribution in [0.15, 0.2) is 29.6 Å². The molecule has 0 bridgehead atoms. The van der Waals surface area contributed by atoms with Crippen LogP contribution in [0.1, 0.15) is 27.5 Å². The molecule has 19 heavy (non-hydrogen) atoms. The first-order chi connectivity index (χ1) is 9.15. The summed E-state index contributed by atoms with van der Waals surface area (Å²) in [7, 11) is 0. The Bertz CT molecular complexity index is 551. The molecule has 100 valence electrons. The molecule has 0 saturated heterocycles. The van der Waals surface area contributed by atoms with Gasteiger partial charge in [0.25, 0.3) is 5.91 Å². The van der Waals surface area contributed by atoms with E-state index in [9.17, 15) is 4.79 Å². The average molecular weight is 295 g/mol. The van der Waals surface area contributed by atoms with Crippen LogP contribution in [0.5, 0.6) is 0 Å². The van der Waals surface area contributed by atoms with Crippen LogP contribution in [0.4, 0.5) is 0 Å². The van der Waals surface area contributed by atoms with E-state index < -0.39 is 0 Å². The molecule has 0 fully saturated rings. The monoisotopic (exact) mass is 294 g/mol. The van der Waals surface area contributed by atoms with Crippen molar-refractivity contribution >= 4 is 28.8 Å². The molecule has 0 atom stereocenters. The number of nitrogens with one attached hydrogen (secondary N) is 1. The number of thiazole rings is 1. The molecule has 0 aliphatic heterocycles. The van der Waals surface area contributed by atoms with Gasteiger partial charge in [-0.3, -0.25) is 4.79 Å². The Morgan fingerprint density at radius 2 is 2.11 bits per heavy atom. The van der Waals surface area contributed by atoms with E-state index in [4.69, 9.17) is 11.6 Å². The Hall–Kier alpha value is -1.39. The van der Waals surface area contributed by atoms with Gasteiger partial charge in [-0.25, -0.2) is 4.98 Å². The first-order valence-electron chi connectivity index (χ1n) is 6.10. The van der Waals surface area contributed by atoms with Gasteiger partial charge >= 0.3 is 0 Å². The number of rotatable bonds is 5. The molecule has 0 aliphatic rings. The molecular formula is C14H15ClN2OS.